The third-order valence-corrected chi connectivity index (χ3v) is 3.86. The summed E-state index contributed by atoms with van der Waals surface area (Å²) in [6, 6.07) is 16.7. The first-order valence-corrected chi connectivity index (χ1v) is 7.15. The third-order valence-electron chi connectivity index (χ3n) is 3.55. The molecule has 20 heavy (non-hydrogen) atoms. The van der Waals surface area contributed by atoms with Crippen LogP contribution in [0, 0.1) is 4.64 Å². The SMILES string of the molecule is CC(C)c1ccc(-c2n[nH]c(=S)c3ccccc23)cc1. The van der Waals surface area contributed by atoms with E-state index in [1.54, 1.807) is 0 Å². The van der Waals surface area contributed by atoms with E-state index in [1.807, 2.05) is 18.2 Å². The molecule has 2 nitrogen and oxygen atoms in total. The van der Waals surface area contributed by atoms with Crippen LogP contribution >= 0.6 is 12.2 Å². The minimum atomic E-state index is 0.537. The first-order valence-electron chi connectivity index (χ1n) is 6.74. The van der Waals surface area contributed by atoms with Gasteiger partial charge in [-0.2, -0.15) is 5.10 Å². The molecule has 0 radical (unpaired) electrons. The van der Waals surface area contributed by atoms with Gasteiger partial charge in [-0.1, -0.05) is 74.6 Å². The lowest BCUT2D eigenvalue weighted by molar-refractivity contribution is 0.867. The molecule has 2 aromatic carbocycles. The van der Waals surface area contributed by atoms with Crippen molar-refractivity contribution in [3.05, 3.63) is 58.7 Å². The molecular weight excluding hydrogens is 264 g/mol. The van der Waals surface area contributed by atoms with Gasteiger partial charge in [-0.25, -0.2) is 0 Å². The summed E-state index contributed by atoms with van der Waals surface area (Å²) in [4.78, 5) is 0. The van der Waals surface area contributed by atoms with E-state index in [2.05, 4.69) is 54.4 Å². The molecule has 0 bridgehead atoms. The Morgan fingerprint density at radius 2 is 1.60 bits per heavy atom. The van der Waals surface area contributed by atoms with Crippen LogP contribution in [0.25, 0.3) is 22.0 Å². The van der Waals surface area contributed by atoms with Gasteiger partial charge >= 0.3 is 0 Å². The number of rotatable bonds is 2. The maximum Gasteiger partial charge on any atom is 0.127 e. The Morgan fingerprint density at radius 3 is 2.25 bits per heavy atom. The molecule has 0 unspecified atom stereocenters. The first-order chi connectivity index (χ1) is 9.66. The van der Waals surface area contributed by atoms with Crippen LogP contribution < -0.4 is 0 Å². The zero-order valence-corrected chi connectivity index (χ0v) is 12.4. The molecule has 3 rings (SSSR count). The lowest BCUT2D eigenvalue weighted by Crippen LogP contribution is -1.92. The summed E-state index contributed by atoms with van der Waals surface area (Å²) >= 11 is 5.30. The summed E-state index contributed by atoms with van der Waals surface area (Å²) in [6.45, 7) is 4.39. The molecule has 0 aliphatic heterocycles. The monoisotopic (exact) mass is 280 g/mol. The topological polar surface area (TPSA) is 28.7 Å². The van der Waals surface area contributed by atoms with Crippen LogP contribution in [0.5, 0.6) is 0 Å². The molecule has 3 heteroatoms. The van der Waals surface area contributed by atoms with E-state index in [4.69, 9.17) is 12.2 Å². The average molecular weight is 280 g/mol. The highest BCUT2D eigenvalue weighted by Gasteiger charge is 2.07. The molecule has 0 atom stereocenters. The van der Waals surface area contributed by atoms with E-state index in [0.717, 1.165) is 22.0 Å². The van der Waals surface area contributed by atoms with Crippen LogP contribution in [0.4, 0.5) is 0 Å². The number of aromatic amines is 1. The maximum absolute atomic E-state index is 5.30. The lowest BCUT2D eigenvalue weighted by atomic mass is 9.99. The van der Waals surface area contributed by atoms with Gasteiger partial charge in [0.05, 0.1) is 5.69 Å². The number of hydrogen-bond acceptors (Lipinski definition) is 2. The maximum atomic E-state index is 5.30. The number of nitrogens with zero attached hydrogens (tertiary/aromatic N) is 1. The minimum Gasteiger partial charge on any atom is -0.267 e. The van der Waals surface area contributed by atoms with Crippen molar-refractivity contribution in [2.45, 2.75) is 19.8 Å². The molecule has 0 saturated heterocycles. The number of fused-ring (bicyclic) bond motifs is 1. The molecule has 100 valence electrons. The second-order valence-corrected chi connectivity index (χ2v) is 5.63. The van der Waals surface area contributed by atoms with Crippen LogP contribution in [0.3, 0.4) is 0 Å². The van der Waals surface area contributed by atoms with Gasteiger partial charge in [-0.05, 0) is 11.5 Å². The van der Waals surface area contributed by atoms with Crippen LogP contribution in [0.15, 0.2) is 48.5 Å². The Balaban J connectivity index is 2.20. The average Bonchev–Trinajstić information content (AvgIpc) is 2.48. The van der Waals surface area contributed by atoms with Gasteiger partial charge in [0, 0.05) is 16.3 Å². The van der Waals surface area contributed by atoms with Crippen LogP contribution in [0.2, 0.25) is 0 Å². The Bertz CT molecular complexity index is 801. The quantitative estimate of drug-likeness (QED) is 0.663. The van der Waals surface area contributed by atoms with E-state index in [9.17, 15) is 0 Å². The number of nitrogens with one attached hydrogen (secondary N) is 1. The van der Waals surface area contributed by atoms with Gasteiger partial charge < -0.3 is 0 Å². The van der Waals surface area contributed by atoms with Crippen molar-refractivity contribution in [3.63, 3.8) is 0 Å². The van der Waals surface area contributed by atoms with Crippen molar-refractivity contribution in [1.29, 1.82) is 0 Å². The summed E-state index contributed by atoms with van der Waals surface area (Å²) in [5.41, 5.74) is 3.39. The van der Waals surface area contributed by atoms with Crippen molar-refractivity contribution in [3.8, 4) is 11.3 Å². The Hall–Kier alpha value is -2.00. The fourth-order valence-electron chi connectivity index (χ4n) is 2.36. The lowest BCUT2D eigenvalue weighted by Gasteiger charge is -2.08. The number of H-pyrrole nitrogens is 1. The third kappa shape index (κ3) is 2.25. The first kappa shape index (κ1) is 13.0. The molecule has 1 heterocycles. The zero-order chi connectivity index (χ0) is 14.1. The van der Waals surface area contributed by atoms with Crippen molar-refractivity contribution in [2.75, 3.05) is 0 Å². The molecule has 0 spiro atoms. The van der Waals surface area contributed by atoms with E-state index in [-0.39, 0.29) is 0 Å². The molecule has 1 aromatic heterocycles. The van der Waals surface area contributed by atoms with E-state index < -0.39 is 0 Å². The van der Waals surface area contributed by atoms with Crippen molar-refractivity contribution < 1.29 is 0 Å². The summed E-state index contributed by atoms with van der Waals surface area (Å²) in [5, 5.41) is 9.50. The van der Waals surface area contributed by atoms with Crippen molar-refractivity contribution in [1.82, 2.24) is 10.2 Å². The Labute approximate surface area is 123 Å². The Kier molecular flexibility index (Phi) is 3.36. The molecule has 0 saturated carbocycles. The summed E-state index contributed by atoms with van der Waals surface area (Å²) in [7, 11) is 0. The van der Waals surface area contributed by atoms with Crippen LogP contribution in [0.1, 0.15) is 25.3 Å². The van der Waals surface area contributed by atoms with E-state index in [0.29, 0.717) is 10.6 Å². The molecular formula is C17H16N2S. The molecule has 0 fully saturated rings. The molecule has 0 aliphatic carbocycles. The van der Waals surface area contributed by atoms with Gasteiger partial charge in [0.25, 0.3) is 0 Å². The number of benzene rings is 2. The van der Waals surface area contributed by atoms with E-state index >= 15 is 0 Å². The molecule has 1 N–H and O–H groups in total. The fourth-order valence-corrected chi connectivity index (χ4v) is 2.58. The second-order valence-electron chi connectivity index (χ2n) is 5.22. The largest absolute Gasteiger partial charge is 0.267 e. The summed E-state index contributed by atoms with van der Waals surface area (Å²) in [5.74, 6) is 0.537. The highest BCUT2D eigenvalue weighted by Crippen LogP contribution is 2.27. The van der Waals surface area contributed by atoms with Gasteiger partial charge in [0.15, 0.2) is 0 Å². The summed E-state index contributed by atoms with van der Waals surface area (Å²) in [6.07, 6.45) is 0. The van der Waals surface area contributed by atoms with Gasteiger partial charge in [-0.3, -0.25) is 5.10 Å². The highest BCUT2D eigenvalue weighted by molar-refractivity contribution is 7.71. The predicted octanol–water partition coefficient (Wildman–Crippen LogP) is 5.08. The fraction of sp³-hybridized carbons (Fsp3) is 0.176. The molecule has 0 amide bonds. The summed E-state index contributed by atoms with van der Waals surface area (Å²) < 4.78 is 0.683. The Morgan fingerprint density at radius 1 is 0.950 bits per heavy atom. The standard InChI is InChI=1S/C17H16N2S/c1-11(2)12-7-9-13(10-8-12)16-14-5-3-4-6-15(14)17(20)19-18-16/h3-11H,1-2H3,(H,19,20). The van der Waals surface area contributed by atoms with Gasteiger partial charge in [0.1, 0.15) is 4.64 Å². The highest BCUT2D eigenvalue weighted by atomic mass is 32.1. The minimum absolute atomic E-state index is 0.537. The molecule has 3 aromatic rings. The predicted molar refractivity (Wildman–Crippen MR) is 86.5 cm³/mol. The van der Waals surface area contributed by atoms with Crippen molar-refractivity contribution in [2.24, 2.45) is 0 Å². The van der Waals surface area contributed by atoms with Crippen LogP contribution in [-0.2, 0) is 0 Å². The number of hydrogen-bond donors (Lipinski definition) is 1. The van der Waals surface area contributed by atoms with Crippen molar-refractivity contribution >= 4 is 23.0 Å². The van der Waals surface area contributed by atoms with Gasteiger partial charge in [-0.15, -0.1) is 0 Å². The molecule has 0 aliphatic rings. The van der Waals surface area contributed by atoms with Gasteiger partial charge in [0.2, 0.25) is 0 Å². The van der Waals surface area contributed by atoms with E-state index in [1.165, 1.54) is 5.56 Å². The normalized spacial score (nSPS) is 11.2. The second kappa shape index (κ2) is 5.17. The number of aromatic nitrogens is 2. The van der Waals surface area contributed by atoms with Crippen LogP contribution in [-0.4, -0.2) is 10.2 Å². The zero-order valence-electron chi connectivity index (χ0n) is 11.6. The smallest absolute Gasteiger partial charge is 0.127 e.